The Balaban J connectivity index is 2.22. The number of ether oxygens (including phenoxy) is 1. The van der Waals surface area contributed by atoms with Gasteiger partial charge >= 0.3 is 5.97 Å². The summed E-state index contributed by atoms with van der Waals surface area (Å²) in [6, 6.07) is 11.8. The zero-order valence-corrected chi connectivity index (χ0v) is 13.3. The molecule has 0 amide bonds. The van der Waals surface area contributed by atoms with Gasteiger partial charge in [0.1, 0.15) is 5.82 Å². The molecule has 0 aliphatic carbocycles. The number of halogens is 2. The molecule has 1 N–H and O–H groups in total. The standard InChI is InChI=1S/C16H15BrFNO2/c1-10(11-3-6-13(17)7-4-11)19-15-9-12(16(20)21-2)5-8-14(15)18/h3-10,19H,1-2H3. The van der Waals surface area contributed by atoms with E-state index >= 15 is 0 Å². The minimum absolute atomic E-state index is 0.0968. The fraction of sp³-hybridized carbons (Fsp3) is 0.188. The Labute approximate surface area is 131 Å². The molecule has 0 bridgehead atoms. The molecule has 2 aromatic rings. The average Bonchev–Trinajstić information content (AvgIpc) is 2.49. The second-order valence-corrected chi connectivity index (χ2v) is 5.52. The summed E-state index contributed by atoms with van der Waals surface area (Å²) in [6.45, 7) is 1.92. The molecule has 0 fully saturated rings. The van der Waals surface area contributed by atoms with Gasteiger partial charge in [-0.2, -0.15) is 0 Å². The van der Waals surface area contributed by atoms with E-state index < -0.39 is 11.8 Å². The van der Waals surface area contributed by atoms with Crippen molar-refractivity contribution >= 4 is 27.6 Å². The third kappa shape index (κ3) is 3.82. The molecule has 0 spiro atoms. The van der Waals surface area contributed by atoms with Crippen molar-refractivity contribution in [2.45, 2.75) is 13.0 Å². The molecule has 0 saturated carbocycles. The van der Waals surface area contributed by atoms with Crippen LogP contribution in [-0.2, 0) is 4.74 Å². The van der Waals surface area contributed by atoms with Gasteiger partial charge in [0.05, 0.1) is 18.4 Å². The molecule has 0 aromatic heterocycles. The van der Waals surface area contributed by atoms with E-state index in [4.69, 9.17) is 0 Å². The molecule has 0 aliphatic heterocycles. The summed E-state index contributed by atoms with van der Waals surface area (Å²) in [5.41, 5.74) is 1.60. The van der Waals surface area contributed by atoms with Crippen LogP contribution < -0.4 is 5.32 Å². The fourth-order valence-corrected chi connectivity index (χ4v) is 2.21. The lowest BCUT2D eigenvalue weighted by molar-refractivity contribution is 0.0600. The van der Waals surface area contributed by atoms with Crippen LogP contribution in [0.25, 0.3) is 0 Å². The van der Waals surface area contributed by atoms with Crippen LogP contribution in [0.5, 0.6) is 0 Å². The smallest absolute Gasteiger partial charge is 0.337 e. The van der Waals surface area contributed by atoms with Gasteiger partial charge in [0.15, 0.2) is 0 Å². The number of hydrogen-bond donors (Lipinski definition) is 1. The van der Waals surface area contributed by atoms with Crippen molar-refractivity contribution in [3.63, 3.8) is 0 Å². The highest BCUT2D eigenvalue weighted by Gasteiger charge is 2.12. The molecule has 0 heterocycles. The first-order chi connectivity index (χ1) is 10.0. The number of methoxy groups -OCH3 is 1. The van der Waals surface area contributed by atoms with Gasteiger partial charge in [-0.1, -0.05) is 28.1 Å². The van der Waals surface area contributed by atoms with Crippen molar-refractivity contribution in [2.24, 2.45) is 0 Å². The highest BCUT2D eigenvalue weighted by molar-refractivity contribution is 9.10. The predicted octanol–water partition coefficient (Wildman–Crippen LogP) is 4.55. The third-order valence-electron chi connectivity index (χ3n) is 3.13. The minimum Gasteiger partial charge on any atom is -0.465 e. The second-order valence-electron chi connectivity index (χ2n) is 4.60. The van der Waals surface area contributed by atoms with Crippen molar-refractivity contribution in [3.8, 4) is 0 Å². The zero-order chi connectivity index (χ0) is 15.4. The molecule has 0 aliphatic rings. The summed E-state index contributed by atoms with van der Waals surface area (Å²) in [7, 11) is 1.29. The first kappa shape index (κ1) is 15.5. The van der Waals surface area contributed by atoms with Gasteiger partial charge in [-0.3, -0.25) is 0 Å². The van der Waals surface area contributed by atoms with E-state index in [1.165, 1.54) is 25.3 Å². The topological polar surface area (TPSA) is 38.3 Å². The molecule has 2 aromatic carbocycles. The first-order valence-electron chi connectivity index (χ1n) is 6.41. The van der Waals surface area contributed by atoms with Crippen molar-refractivity contribution in [2.75, 3.05) is 12.4 Å². The highest BCUT2D eigenvalue weighted by atomic mass is 79.9. The maximum Gasteiger partial charge on any atom is 0.337 e. The lowest BCUT2D eigenvalue weighted by Gasteiger charge is -2.17. The van der Waals surface area contributed by atoms with Crippen molar-refractivity contribution in [1.82, 2.24) is 0 Å². The zero-order valence-electron chi connectivity index (χ0n) is 11.7. The van der Waals surface area contributed by atoms with Gasteiger partial charge in [-0.05, 0) is 42.8 Å². The van der Waals surface area contributed by atoms with E-state index in [2.05, 4.69) is 26.0 Å². The number of esters is 1. The van der Waals surface area contributed by atoms with Gasteiger partial charge in [-0.15, -0.1) is 0 Å². The molecular formula is C16H15BrFNO2. The summed E-state index contributed by atoms with van der Waals surface area (Å²) in [6.07, 6.45) is 0. The largest absolute Gasteiger partial charge is 0.465 e. The minimum atomic E-state index is -0.491. The predicted molar refractivity (Wildman–Crippen MR) is 83.9 cm³/mol. The first-order valence-corrected chi connectivity index (χ1v) is 7.20. The summed E-state index contributed by atoms with van der Waals surface area (Å²) in [5.74, 6) is -0.902. The van der Waals surface area contributed by atoms with Gasteiger partial charge in [-0.25, -0.2) is 9.18 Å². The molecule has 5 heteroatoms. The number of hydrogen-bond acceptors (Lipinski definition) is 3. The van der Waals surface area contributed by atoms with Crippen LogP contribution >= 0.6 is 15.9 Å². The SMILES string of the molecule is COC(=O)c1ccc(F)c(NC(C)c2ccc(Br)cc2)c1. The summed E-state index contributed by atoms with van der Waals surface area (Å²) in [5, 5.41) is 3.07. The highest BCUT2D eigenvalue weighted by Crippen LogP contribution is 2.24. The van der Waals surface area contributed by atoms with Crippen LogP contribution in [0.3, 0.4) is 0 Å². The monoisotopic (exact) mass is 351 g/mol. The maximum absolute atomic E-state index is 13.9. The van der Waals surface area contributed by atoms with Crippen LogP contribution in [-0.4, -0.2) is 13.1 Å². The average molecular weight is 352 g/mol. The second kappa shape index (κ2) is 6.72. The van der Waals surface area contributed by atoms with E-state index in [9.17, 15) is 9.18 Å². The van der Waals surface area contributed by atoms with E-state index in [0.29, 0.717) is 5.56 Å². The van der Waals surface area contributed by atoms with E-state index in [0.717, 1.165) is 10.0 Å². The molecule has 3 nitrogen and oxygen atoms in total. The van der Waals surface area contributed by atoms with Gasteiger partial charge in [0, 0.05) is 10.5 Å². The van der Waals surface area contributed by atoms with Gasteiger partial charge in [0.2, 0.25) is 0 Å². The number of benzene rings is 2. The summed E-state index contributed by atoms with van der Waals surface area (Å²) < 4.78 is 19.5. The maximum atomic E-state index is 13.9. The number of rotatable bonds is 4. The van der Waals surface area contributed by atoms with Crippen LogP contribution in [0.1, 0.15) is 28.9 Å². The molecular weight excluding hydrogens is 337 g/mol. The van der Waals surface area contributed by atoms with Crippen LogP contribution in [0.15, 0.2) is 46.9 Å². The van der Waals surface area contributed by atoms with E-state index in [1.54, 1.807) is 0 Å². The Bertz CT molecular complexity index is 643. The lowest BCUT2D eigenvalue weighted by Crippen LogP contribution is -2.09. The van der Waals surface area contributed by atoms with Crippen molar-refractivity contribution < 1.29 is 13.9 Å². The van der Waals surface area contributed by atoms with E-state index in [-0.39, 0.29) is 11.7 Å². The number of carbonyl (C=O) groups is 1. The quantitative estimate of drug-likeness (QED) is 0.821. The molecule has 21 heavy (non-hydrogen) atoms. The summed E-state index contributed by atoms with van der Waals surface area (Å²) in [4.78, 5) is 11.5. The molecule has 1 atom stereocenters. The Morgan fingerprint density at radius 2 is 1.90 bits per heavy atom. The Hall–Kier alpha value is -1.88. The molecule has 1 unspecified atom stereocenters. The fourth-order valence-electron chi connectivity index (χ4n) is 1.95. The van der Waals surface area contributed by atoms with Crippen molar-refractivity contribution in [3.05, 3.63) is 63.9 Å². The number of anilines is 1. The number of carbonyl (C=O) groups excluding carboxylic acids is 1. The summed E-state index contributed by atoms with van der Waals surface area (Å²) >= 11 is 3.37. The Morgan fingerprint density at radius 1 is 1.24 bits per heavy atom. The Kier molecular flexibility index (Phi) is 4.96. The third-order valence-corrected chi connectivity index (χ3v) is 3.66. The molecule has 0 radical (unpaired) electrons. The molecule has 2 rings (SSSR count). The molecule has 0 saturated heterocycles. The van der Waals surface area contributed by atoms with Gasteiger partial charge < -0.3 is 10.1 Å². The van der Waals surface area contributed by atoms with Crippen LogP contribution in [0.2, 0.25) is 0 Å². The lowest BCUT2D eigenvalue weighted by atomic mass is 10.1. The van der Waals surface area contributed by atoms with E-state index in [1.807, 2.05) is 31.2 Å². The normalized spacial score (nSPS) is 11.8. The molecule has 110 valence electrons. The number of nitrogens with one attached hydrogen (secondary N) is 1. The van der Waals surface area contributed by atoms with Crippen LogP contribution in [0.4, 0.5) is 10.1 Å². The Morgan fingerprint density at radius 3 is 2.52 bits per heavy atom. The van der Waals surface area contributed by atoms with Crippen LogP contribution in [0, 0.1) is 5.82 Å². The van der Waals surface area contributed by atoms with Crippen molar-refractivity contribution in [1.29, 1.82) is 0 Å². The van der Waals surface area contributed by atoms with Gasteiger partial charge in [0.25, 0.3) is 0 Å².